The third-order valence-electron chi connectivity index (χ3n) is 6.11. The molecule has 3 aromatic carbocycles. The highest BCUT2D eigenvalue weighted by Crippen LogP contribution is 2.21. The van der Waals surface area contributed by atoms with Crippen molar-refractivity contribution in [2.24, 2.45) is 0 Å². The SMILES string of the molecule is CCN(CC)c1nc2cc(C(=O)NCC(C)c3ccccc3)ccc2c(=O)n1-c1ccccc1. The molecule has 0 radical (unpaired) electrons. The molecule has 0 aliphatic rings. The zero-order chi connectivity index (χ0) is 24.1. The van der Waals surface area contributed by atoms with E-state index in [-0.39, 0.29) is 17.4 Å². The summed E-state index contributed by atoms with van der Waals surface area (Å²) in [5.74, 6) is 0.586. The van der Waals surface area contributed by atoms with Gasteiger partial charge in [-0.05, 0) is 55.7 Å². The lowest BCUT2D eigenvalue weighted by atomic mass is 10.0. The Morgan fingerprint density at radius 3 is 2.26 bits per heavy atom. The third-order valence-corrected chi connectivity index (χ3v) is 6.11. The van der Waals surface area contributed by atoms with Gasteiger partial charge in [0.05, 0.1) is 16.6 Å². The van der Waals surface area contributed by atoms with Gasteiger partial charge in [-0.2, -0.15) is 0 Å². The highest BCUT2D eigenvalue weighted by molar-refractivity contribution is 5.97. The van der Waals surface area contributed by atoms with Crippen LogP contribution in [0.15, 0.2) is 83.7 Å². The predicted octanol–water partition coefficient (Wildman–Crippen LogP) is 4.77. The summed E-state index contributed by atoms with van der Waals surface area (Å²) in [5.41, 5.74) is 2.79. The number of nitrogens with zero attached hydrogens (tertiary/aromatic N) is 3. The number of aromatic nitrogens is 2. The van der Waals surface area contributed by atoms with Crippen LogP contribution >= 0.6 is 0 Å². The number of fused-ring (bicyclic) bond motifs is 1. The smallest absolute Gasteiger partial charge is 0.267 e. The zero-order valence-electron chi connectivity index (χ0n) is 19.9. The maximum atomic E-state index is 13.5. The van der Waals surface area contributed by atoms with Gasteiger partial charge >= 0.3 is 0 Å². The molecule has 1 unspecified atom stereocenters. The summed E-state index contributed by atoms with van der Waals surface area (Å²) in [6.45, 7) is 8.09. The van der Waals surface area contributed by atoms with Gasteiger partial charge < -0.3 is 10.2 Å². The molecule has 0 saturated heterocycles. The molecule has 0 spiro atoms. The first kappa shape index (κ1) is 23.2. The van der Waals surface area contributed by atoms with Gasteiger partial charge in [0.2, 0.25) is 5.95 Å². The molecule has 0 saturated carbocycles. The summed E-state index contributed by atoms with van der Waals surface area (Å²) < 4.78 is 1.65. The molecule has 4 rings (SSSR count). The van der Waals surface area contributed by atoms with E-state index in [1.54, 1.807) is 22.8 Å². The molecule has 34 heavy (non-hydrogen) atoms. The van der Waals surface area contributed by atoms with E-state index in [2.05, 4.69) is 24.4 Å². The van der Waals surface area contributed by atoms with Crippen molar-refractivity contribution in [3.63, 3.8) is 0 Å². The van der Waals surface area contributed by atoms with Crippen LogP contribution in [0.1, 0.15) is 42.6 Å². The van der Waals surface area contributed by atoms with Crippen molar-refractivity contribution < 1.29 is 4.79 Å². The summed E-state index contributed by atoms with van der Waals surface area (Å²) in [6, 6.07) is 24.7. The second-order valence-electron chi connectivity index (χ2n) is 8.31. The van der Waals surface area contributed by atoms with Crippen LogP contribution in [0.4, 0.5) is 5.95 Å². The van der Waals surface area contributed by atoms with Crippen molar-refractivity contribution in [2.75, 3.05) is 24.5 Å². The first-order valence-electron chi connectivity index (χ1n) is 11.7. The predicted molar refractivity (Wildman–Crippen MR) is 138 cm³/mol. The normalized spacial score (nSPS) is 11.9. The Balaban J connectivity index is 1.69. The number of carbonyl (C=O) groups is 1. The number of carbonyl (C=O) groups excluding carboxylic acids is 1. The molecular formula is C28H30N4O2. The lowest BCUT2D eigenvalue weighted by molar-refractivity contribution is 0.0951. The fraction of sp³-hybridized carbons (Fsp3) is 0.250. The first-order valence-corrected chi connectivity index (χ1v) is 11.7. The Morgan fingerprint density at radius 1 is 0.971 bits per heavy atom. The van der Waals surface area contributed by atoms with Gasteiger partial charge in [0.25, 0.3) is 11.5 Å². The van der Waals surface area contributed by atoms with E-state index in [9.17, 15) is 9.59 Å². The van der Waals surface area contributed by atoms with E-state index >= 15 is 0 Å². The third kappa shape index (κ3) is 4.71. The highest BCUT2D eigenvalue weighted by Gasteiger charge is 2.18. The summed E-state index contributed by atoms with van der Waals surface area (Å²) in [4.78, 5) is 33.3. The summed E-state index contributed by atoms with van der Waals surface area (Å²) in [7, 11) is 0. The molecule has 6 heteroatoms. The Morgan fingerprint density at radius 2 is 1.62 bits per heavy atom. The second kappa shape index (κ2) is 10.3. The number of nitrogens with one attached hydrogen (secondary N) is 1. The van der Waals surface area contributed by atoms with Gasteiger partial charge in [0, 0.05) is 25.2 Å². The molecular weight excluding hydrogens is 424 g/mol. The fourth-order valence-corrected chi connectivity index (χ4v) is 4.09. The lowest BCUT2D eigenvalue weighted by Gasteiger charge is -2.24. The minimum absolute atomic E-state index is 0.150. The molecule has 1 heterocycles. The van der Waals surface area contributed by atoms with Crippen molar-refractivity contribution >= 4 is 22.8 Å². The van der Waals surface area contributed by atoms with E-state index in [0.29, 0.717) is 42.0 Å². The molecule has 0 aliphatic heterocycles. The summed E-state index contributed by atoms with van der Waals surface area (Å²) in [6.07, 6.45) is 0. The monoisotopic (exact) mass is 454 g/mol. The Kier molecular flexibility index (Phi) is 7.07. The van der Waals surface area contributed by atoms with Gasteiger partial charge in [0.1, 0.15) is 0 Å². The number of benzene rings is 3. The van der Waals surface area contributed by atoms with Crippen molar-refractivity contribution in [1.29, 1.82) is 0 Å². The molecule has 1 aromatic heterocycles. The number of anilines is 1. The van der Waals surface area contributed by atoms with E-state index < -0.39 is 0 Å². The number of amides is 1. The van der Waals surface area contributed by atoms with Crippen LogP contribution in [0.3, 0.4) is 0 Å². The molecule has 6 nitrogen and oxygen atoms in total. The van der Waals surface area contributed by atoms with Gasteiger partial charge in [-0.25, -0.2) is 9.55 Å². The average Bonchev–Trinajstić information content (AvgIpc) is 2.88. The highest BCUT2D eigenvalue weighted by atomic mass is 16.1. The van der Waals surface area contributed by atoms with Crippen LogP contribution in [-0.4, -0.2) is 35.1 Å². The molecule has 1 N–H and O–H groups in total. The van der Waals surface area contributed by atoms with Crippen LogP contribution in [0.5, 0.6) is 0 Å². The standard InChI is InChI=1S/C28H30N4O2/c1-4-31(5-2)28-30-25-18-22(26(33)29-19-20(3)21-12-8-6-9-13-21)16-17-24(25)27(34)32(28)23-14-10-7-11-15-23/h6-18,20H,4-5,19H2,1-3H3,(H,29,33). The number of rotatable bonds is 8. The van der Waals surface area contributed by atoms with Gasteiger partial charge in [0.15, 0.2) is 0 Å². The quantitative estimate of drug-likeness (QED) is 0.417. The minimum Gasteiger partial charge on any atom is -0.351 e. The van der Waals surface area contributed by atoms with Crippen LogP contribution in [-0.2, 0) is 0 Å². The van der Waals surface area contributed by atoms with Crippen molar-refractivity contribution in [3.8, 4) is 5.69 Å². The Hall–Kier alpha value is -3.93. The van der Waals surface area contributed by atoms with Gasteiger partial charge in [-0.1, -0.05) is 55.5 Å². The molecule has 0 aliphatic carbocycles. The topological polar surface area (TPSA) is 67.2 Å². The van der Waals surface area contributed by atoms with Gasteiger partial charge in [-0.15, -0.1) is 0 Å². The lowest BCUT2D eigenvalue weighted by Crippen LogP contribution is -2.32. The van der Waals surface area contributed by atoms with Crippen LogP contribution in [0.2, 0.25) is 0 Å². The molecule has 4 aromatic rings. The second-order valence-corrected chi connectivity index (χ2v) is 8.31. The number of hydrogen-bond donors (Lipinski definition) is 1. The minimum atomic E-state index is -0.178. The fourth-order valence-electron chi connectivity index (χ4n) is 4.09. The maximum absolute atomic E-state index is 13.5. The maximum Gasteiger partial charge on any atom is 0.267 e. The van der Waals surface area contributed by atoms with Crippen LogP contribution in [0.25, 0.3) is 16.6 Å². The first-order chi connectivity index (χ1) is 16.5. The molecule has 174 valence electrons. The Labute approximate surface area is 199 Å². The van der Waals surface area contributed by atoms with Crippen molar-refractivity contribution in [2.45, 2.75) is 26.7 Å². The van der Waals surface area contributed by atoms with E-state index in [1.807, 2.05) is 67.3 Å². The van der Waals surface area contributed by atoms with Crippen LogP contribution in [0, 0.1) is 0 Å². The van der Waals surface area contributed by atoms with Crippen molar-refractivity contribution in [3.05, 3.63) is 100 Å². The van der Waals surface area contributed by atoms with E-state index in [0.717, 1.165) is 5.69 Å². The molecule has 1 amide bonds. The molecule has 0 bridgehead atoms. The largest absolute Gasteiger partial charge is 0.351 e. The van der Waals surface area contributed by atoms with Gasteiger partial charge in [-0.3, -0.25) is 9.59 Å². The Bertz CT molecular complexity index is 1330. The number of hydrogen-bond acceptors (Lipinski definition) is 4. The summed E-state index contributed by atoms with van der Waals surface area (Å²) >= 11 is 0. The molecule has 1 atom stereocenters. The van der Waals surface area contributed by atoms with Crippen molar-refractivity contribution in [1.82, 2.24) is 14.9 Å². The van der Waals surface area contributed by atoms with Crippen LogP contribution < -0.4 is 15.8 Å². The average molecular weight is 455 g/mol. The van der Waals surface area contributed by atoms with E-state index in [4.69, 9.17) is 4.98 Å². The molecule has 0 fully saturated rings. The number of para-hydroxylation sites is 1. The zero-order valence-corrected chi connectivity index (χ0v) is 19.9. The summed E-state index contributed by atoms with van der Waals surface area (Å²) in [5, 5.41) is 3.49. The van der Waals surface area contributed by atoms with E-state index in [1.165, 1.54) is 5.56 Å².